The molecule has 1 aromatic heterocycles. The average molecular weight is 399 g/mol. The summed E-state index contributed by atoms with van der Waals surface area (Å²) in [5.41, 5.74) is 6.45. The van der Waals surface area contributed by atoms with Gasteiger partial charge in [0, 0.05) is 16.7 Å². The molecule has 0 saturated heterocycles. The van der Waals surface area contributed by atoms with Crippen molar-refractivity contribution in [2.75, 3.05) is 0 Å². The van der Waals surface area contributed by atoms with Crippen LogP contribution in [0.5, 0.6) is 0 Å². The summed E-state index contributed by atoms with van der Waals surface area (Å²) in [5.74, 6) is 2.04. The van der Waals surface area contributed by atoms with Crippen molar-refractivity contribution in [3.05, 3.63) is 115 Å². The Morgan fingerprint density at radius 3 is 1.42 bits per heavy atom. The number of aryl methyl sites for hydroxylation is 1. The van der Waals surface area contributed by atoms with Crippen LogP contribution in [-0.2, 0) is 0 Å². The van der Waals surface area contributed by atoms with Crippen LogP contribution in [0.3, 0.4) is 0 Å². The molecule has 0 bridgehead atoms. The third-order valence-electron chi connectivity index (χ3n) is 5.30. The van der Waals surface area contributed by atoms with Crippen LogP contribution >= 0.6 is 0 Å². The third kappa shape index (κ3) is 3.99. The number of hydrogen-bond acceptors (Lipinski definition) is 3. The van der Waals surface area contributed by atoms with Gasteiger partial charge in [-0.05, 0) is 23.6 Å². The van der Waals surface area contributed by atoms with E-state index in [1.807, 2.05) is 48.5 Å². The zero-order chi connectivity index (χ0) is 21.0. The van der Waals surface area contributed by atoms with Crippen LogP contribution in [0, 0.1) is 6.92 Å². The van der Waals surface area contributed by atoms with Gasteiger partial charge < -0.3 is 0 Å². The van der Waals surface area contributed by atoms with Crippen molar-refractivity contribution < 1.29 is 0 Å². The monoisotopic (exact) mass is 399 g/mol. The molecule has 148 valence electrons. The van der Waals surface area contributed by atoms with Gasteiger partial charge in [0.25, 0.3) is 0 Å². The molecule has 0 amide bonds. The summed E-state index contributed by atoms with van der Waals surface area (Å²) in [5, 5.41) is 0. The van der Waals surface area contributed by atoms with Gasteiger partial charge >= 0.3 is 0 Å². The molecule has 0 aliphatic carbocycles. The molecular formula is C28H21N3. The fraction of sp³-hybridized carbons (Fsp3) is 0.0357. The van der Waals surface area contributed by atoms with E-state index in [1.165, 1.54) is 11.1 Å². The van der Waals surface area contributed by atoms with Gasteiger partial charge in [-0.15, -0.1) is 0 Å². The number of benzene rings is 4. The molecule has 0 spiro atoms. The minimum Gasteiger partial charge on any atom is -0.208 e. The first-order valence-corrected chi connectivity index (χ1v) is 10.3. The Kier molecular flexibility index (Phi) is 5.07. The highest BCUT2D eigenvalue weighted by atomic mass is 15.0. The molecule has 5 aromatic rings. The molecule has 0 unspecified atom stereocenters. The summed E-state index contributed by atoms with van der Waals surface area (Å²) in [6.45, 7) is 2.08. The first-order chi connectivity index (χ1) is 15.3. The Balaban J connectivity index is 1.63. The standard InChI is InChI=1S/C28H21N3/c1-20-10-8-9-15-25(20)28-30-26(23-13-6-3-7-14-23)29-27(31-28)24-18-16-22(17-19-24)21-11-4-2-5-12-21/h2-19H,1H3. The van der Waals surface area contributed by atoms with Crippen LogP contribution < -0.4 is 0 Å². The molecule has 0 aliphatic rings. The first-order valence-electron chi connectivity index (χ1n) is 10.3. The molecule has 4 aromatic carbocycles. The number of aromatic nitrogens is 3. The van der Waals surface area contributed by atoms with Gasteiger partial charge in [0.2, 0.25) is 0 Å². The van der Waals surface area contributed by atoms with Crippen LogP contribution in [0.1, 0.15) is 5.56 Å². The highest BCUT2D eigenvalue weighted by Gasteiger charge is 2.13. The smallest absolute Gasteiger partial charge is 0.164 e. The van der Waals surface area contributed by atoms with Crippen molar-refractivity contribution in [1.82, 2.24) is 15.0 Å². The zero-order valence-corrected chi connectivity index (χ0v) is 17.2. The molecule has 0 atom stereocenters. The summed E-state index contributed by atoms with van der Waals surface area (Å²) >= 11 is 0. The SMILES string of the molecule is Cc1ccccc1-c1nc(-c2ccccc2)nc(-c2ccc(-c3ccccc3)cc2)n1. The van der Waals surface area contributed by atoms with Crippen molar-refractivity contribution in [3.63, 3.8) is 0 Å². The fourth-order valence-electron chi connectivity index (χ4n) is 3.61. The van der Waals surface area contributed by atoms with Crippen LogP contribution in [0.4, 0.5) is 0 Å². The van der Waals surface area contributed by atoms with E-state index >= 15 is 0 Å². The highest BCUT2D eigenvalue weighted by Crippen LogP contribution is 2.27. The molecule has 0 N–H and O–H groups in total. The second kappa shape index (κ2) is 8.33. The van der Waals surface area contributed by atoms with E-state index in [-0.39, 0.29) is 0 Å². The maximum Gasteiger partial charge on any atom is 0.164 e. The average Bonchev–Trinajstić information content (AvgIpc) is 2.85. The van der Waals surface area contributed by atoms with E-state index in [4.69, 9.17) is 15.0 Å². The van der Waals surface area contributed by atoms with Crippen molar-refractivity contribution >= 4 is 0 Å². The van der Waals surface area contributed by atoms with Gasteiger partial charge in [0.15, 0.2) is 17.5 Å². The number of hydrogen-bond donors (Lipinski definition) is 0. The third-order valence-corrected chi connectivity index (χ3v) is 5.30. The van der Waals surface area contributed by atoms with Crippen LogP contribution in [-0.4, -0.2) is 15.0 Å². The van der Waals surface area contributed by atoms with E-state index in [1.54, 1.807) is 0 Å². The van der Waals surface area contributed by atoms with Gasteiger partial charge in [-0.1, -0.05) is 109 Å². The van der Waals surface area contributed by atoms with Crippen LogP contribution in [0.25, 0.3) is 45.3 Å². The molecule has 0 aliphatic heterocycles. The predicted octanol–water partition coefficient (Wildman–Crippen LogP) is 6.85. The Morgan fingerprint density at radius 2 is 0.806 bits per heavy atom. The zero-order valence-electron chi connectivity index (χ0n) is 17.2. The molecule has 31 heavy (non-hydrogen) atoms. The summed E-state index contributed by atoms with van der Waals surface area (Å²) in [4.78, 5) is 14.5. The second-order valence-electron chi connectivity index (χ2n) is 7.43. The molecule has 5 rings (SSSR count). The van der Waals surface area contributed by atoms with Gasteiger partial charge in [-0.25, -0.2) is 15.0 Å². The summed E-state index contributed by atoms with van der Waals surface area (Å²) < 4.78 is 0. The van der Waals surface area contributed by atoms with Crippen LogP contribution in [0.2, 0.25) is 0 Å². The fourth-order valence-corrected chi connectivity index (χ4v) is 3.61. The summed E-state index contributed by atoms with van der Waals surface area (Å²) in [7, 11) is 0. The maximum atomic E-state index is 4.84. The Morgan fingerprint density at radius 1 is 0.387 bits per heavy atom. The summed E-state index contributed by atoms with van der Waals surface area (Å²) in [6.07, 6.45) is 0. The number of nitrogens with zero attached hydrogens (tertiary/aromatic N) is 3. The molecule has 1 heterocycles. The normalized spacial score (nSPS) is 10.7. The molecule has 0 fully saturated rings. The van der Waals surface area contributed by atoms with Crippen molar-refractivity contribution in [3.8, 4) is 45.3 Å². The molecule has 3 heteroatoms. The lowest BCUT2D eigenvalue weighted by molar-refractivity contribution is 1.07. The van der Waals surface area contributed by atoms with Gasteiger partial charge in [0.05, 0.1) is 0 Å². The van der Waals surface area contributed by atoms with Crippen molar-refractivity contribution in [1.29, 1.82) is 0 Å². The Labute approximate surface area is 182 Å². The molecule has 0 saturated carbocycles. The maximum absolute atomic E-state index is 4.84. The van der Waals surface area contributed by atoms with E-state index < -0.39 is 0 Å². The van der Waals surface area contributed by atoms with E-state index in [0.717, 1.165) is 22.3 Å². The van der Waals surface area contributed by atoms with Crippen LogP contribution in [0.15, 0.2) is 109 Å². The lowest BCUT2D eigenvalue weighted by Crippen LogP contribution is -2.01. The van der Waals surface area contributed by atoms with Gasteiger partial charge in [-0.3, -0.25) is 0 Å². The topological polar surface area (TPSA) is 38.7 Å². The van der Waals surface area contributed by atoms with Crippen molar-refractivity contribution in [2.24, 2.45) is 0 Å². The minimum absolute atomic E-state index is 0.673. The lowest BCUT2D eigenvalue weighted by Gasteiger charge is -2.10. The molecule has 3 nitrogen and oxygen atoms in total. The largest absolute Gasteiger partial charge is 0.208 e. The lowest BCUT2D eigenvalue weighted by atomic mass is 10.0. The highest BCUT2D eigenvalue weighted by molar-refractivity contribution is 5.71. The van der Waals surface area contributed by atoms with Gasteiger partial charge in [-0.2, -0.15) is 0 Å². The Bertz CT molecular complexity index is 1310. The molecule has 0 radical (unpaired) electrons. The predicted molar refractivity (Wildman–Crippen MR) is 126 cm³/mol. The van der Waals surface area contributed by atoms with E-state index in [0.29, 0.717) is 17.5 Å². The minimum atomic E-state index is 0.673. The van der Waals surface area contributed by atoms with Gasteiger partial charge in [0.1, 0.15) is 0 Å². The van der Waals surface area contributed by atoms with E-state index in [2.05, 4.69) is 67.6 Å². The quantitative estimate of drug-likeness (QED) is 0.332. The number of rotatable bonds is 4. The Hall–Kier alpha value is -4.11. The molecular weight excluding hydrogens is 378 g/mol. The van der Waals surface area contributed by atoms with E-state index in [9.17, 15) is 0 Å². The first kappa shape index (κ1) is 18.9. The second-order valence-corrected chi connectivity index (χ2v) is 7.43. The summed E-state index contributed by atoms with van der Waals surface area (Å²) in [6, 6.07) is 37.0. The van der Waals surface area contributed by atoms with Crippen molar-refractivity contribution in [2.45, 2.75) is 6.92 Å².